The Morgan fingerprint density at radius 3 is 2.50 bits per heavy atom. The Hall–Kier alpha value is -1.71. The van der Waals surface area contributed by atoms with Crippen LogP contribution in [0.4, 0.5) is 11.4 Å². The van der Waals surface area contributed by atoms with Gasteiger partial charge in [-0.05, 0) is 25.0 Å². The standard InChI is InChI=1S/C11H16N4O4S/c12-9-4-5-11(10(8-9)15(16)17)20(18,19)13-14-6-2-1-3-7-14/h4-5,8,13H,1-3,6-7,12H2. The van der Waals surface area contributed by atoms with Gasteiger partial charge in [-0.25, -0.2) is 13.4 Å². The lowest BCUT2D eigenvalue weighted by Gasteiger charge is -2.26. The van der Waals surface area contributed by atoms with E-state index in [-0.39, 0.29) is 10.6 Å². The number of hydrogen-bond acceptors (Lipinski definition) is 6. The lowest BCUT2D eigenvalue weighted by Crippen LogP contribution is -2.45. The number of piperidine rings is 1. The predicted octanol–water partition coefficient (Wildman–Crippen LogP) is 0.856. The molecule has 0 radical (unpaired) electrons. The lowest BCUT2D eigenvalue weighted by molar-refractivity contribution is -0.387. The number of sulfonamides is 1. The van der Waals surface area contributed by atoms with Gasteiger partial charge in [0, 0.05) is 24.8 Å². The average Bonchev–Trinajstić information content (AvgIpc) is 2.38. The molecule has 1 aliphatic heterocycles. The maximum absolute atomic E-state index is 12.2. The smallest absolute Gasteiger partial charge is 0.291 e. The van der Waals surface area contributed by atoms with E-state index in [0.29, 0.717) is 13.1 Å². The summed E-state index contributed by atoms with van der Waals surface area (Å²) in [4.78, 5) is 12.2. The third-order valence-corrected chi connectivity index (χ3v) is 4.50. The predicted molar refractivity (Wildman–Crippen MR) is 73.3 cm³/mol. The number of hydrogen-bond donors (Lipinski definition) is 2. The van der Waals surface area contributed by atoms with Crippen LogP contribution in [0.15, 0.2) is 23.1 Å². The Bertz CT molecular complexity index is 611. The van der Waals surface area contributed by atoms with E-state index in [4.69, 9.17) is 5.73 Å². The first-order valence-electron chi connectivity index (χ1n) is 6.21. The van der Waals surface area contributed by atoms with E-state index in [0.717, 1.165) is 31.4 Å². The van der Waals surface area contributed by atoms with E-state index in [1.165, 1.54) is 6.07 Å². The van der Waals surface area contributed by atoms with E-state index in [2.05, 4.69) is 4.83 Å². The zero-order valence-corrected chi connectivity index (χ0v) is 11.6. The molecule has 1 aromatic rings. The molecule has 9 heteroatoms. The van der Waals surface area contributed by atoms with E-state index in [1.54, 1.807) is 5.01 Å². The molecule has 110 valence electrons. The number of nitrogens with one attached hydrogen (secondary N) is 1. The number of hydrazine groups is 1. The second-order valence-electron chi connectivity index (χ2n) is 4.63. The van der Waals surface area contributed by atoms with Crippen molar-refractivity contribution in [3.05, 3.63) is 28.3 Å². The molecule has 1 saturated heterocycles. The Kier molecular flexibility index (Phi) is 4.21. The summed E-state index contributed by atoms with van der Waals surface area (Å²) in [5.74, 6) is 0. The van der Waals surface area contributed by atoms with E-state index in [1.807, 2.05) is 0 Å². The molecule has 0 atom stereocenters. The molecule has 0 aliphatic carbocycles. The van der Waals surface area contributed by atoms with E-state index >= 15 is 0 Å². The number of nitro groups is 1. The highest BCUT2D eigenvalue weighted by molar-refractivity contribution is 7.89. The highest BCUT2D eigenvalue weighted by atomic mass is 32.2. The minimum atomic E-state index is -3.97. The first-order valence-corrected chi connectivity index (χ1v) is 7.70. The summed E-state index contributed by atoms with van der Waals surface area (Å²) in [6.07, 6.45) is 2.85. The van der Waals surface area contributed by atoms with Gasteiger partial charge in [0.2, 0.25) is 0 Å². The van der Waals surface area contributed by atoms with Crippen LogP contribution in [0.5, 0.6) is 0 Å². The molecule has 1 fully saturated rings. The molecule has 0 aromatic heterocycles. The van der Waals surface area contributed by atoms with Crippen molar-refractivity contribution in [1.29, 1.82) is 0 Å². The Morgan fingerprint density at radius 1 is 1.25 bits per heavy atom. The van der Waals surface area contributed by atoms with Crippen LogP contribution in [0.3, 0.4) is 0 Å². The molecule has 0 unspecified atom stereocenters. The molecule has 2 rings (SSSR count). The van der Waals surface area contributed by atoms with Crippen molar-refractivity contribution in [1.82, 2.24) is 9.84 Å². The van der Waals surface area contributed by atoms with Crippen molar-refractivity contribution >= 4 is 21.4 Å². The first-order chi connectivity index (χ1) is 9.40. The molecule has 8 nitrogen and oxygen atoms in total. The fourth-order valence-electron chi connectivity index (χ4n) is 2.11. The Balaban J connectivity index is 2.31. The van der Waals surface area contributed by atoms with Crippen molar-refractivity contribution in [2.45, 2.75) is 24.2 Å². The van der Waals surface area contributed by atoms with Gasteiger partial charge in [-0.3, -0.25) is 10.1 Å². The maximum atomic E-state index is 12.2. The Morgan fingerprint density at radius 2 is 1.90 bits per heavy atom. The van der Waals surface area contributed by atoms with Gasteiger partial charge in [0.05, 0.1) is 4.92 Å². The lowest BCUT2D eigenvalue weighted by atomic mass is 10.2. The van der Waals surface area contributed by atoms with Gasteiger partial charge in [-0.1, -0.05) is 6.42 Å². The van der Waals surface area contributed by atoms with Gasteiger partial charge in [-0.15, -0.1) is 4.83 Å². The van der Waals surface area contributed by atoms with Crippen LogP contribution >= 0.6 is 0 Å². The summed E-state index contributed by atoms with van der Waals surface area (Å²) < 4.78 is 24.5. The van der Waals surface area contributed by atoms with Crippen molar-refractivity contribution in [3.8, 4) is 0 Å². The molecular weight excluding hydrogens is 284 g/mol. The van der Waals surface area contributed by atoms with Gasteiger partial charge < -0.3 is 5.73 Å². The van der Waals surface area contributed by atoms with Crippen LogP contribution in [0.25, 0.3) is 0 Å². The third kappa shape index (κ3) is 3.24. The number of nitrogens with two attached hydrogens (primary N) is 1. The number of nitro benzene ring substituents is 1. The number of nitrogens with zero attached hydrogens (tertiary/aromatic N) is 2. The monoisotopic (exact) mass is 300 g/mol. The van der Waals surface area contributed by atoms with Crippen molar-refractivity contribution in [2.24, 2.45) is 0 Å². The van der Waals surface area contributed by atoms with E-state index < -0.39 is 20.6 Å². The molecule has 1 aliphatic rings. The normalized spacial score (nSPS) is 17.0. The van der Waals surface area contributed by atoms with E-state index in [9.17, 15) is 18.5 Å². The van der Waals surface area contributed by atoms with Crippen LogP contribution in [0.2, 0.25) is 0 Å². The number of nitrogen functional groups attached to an aromatic ring is 1. The molecule has 20 heavy (non-hydrogen) atoms. The summed E-state index contributed by atoms with van der Waals surface area (Å²) in [5, 5.41) is 12.5. The second-order valence-corrected chi connectivity index (χ2v) is 6.26. The summed E-state index contributed by atoms with van der Waals surface area (Å²) in [5.41, 5.74) is 5.09. The molecule has 1 aromatic carbocycles. The molecule has 0 amide bonds. The maximum Gasteiger partial charge on any atom is 0.291 e. The van der Waals surface area contributed by atoms with Gasteiger partial charge in [0.25, 0.3) is 15.7 Å². The van der Waals surface area contributed by atoms with Crippen LogP contribution in [0, 0.1) is 10.1 Å². The van der Waals surface area contributed by atoms with Gasteiger partial charge in [-0.2, -0.15) is 0 Å². The second kappa shape index (κ2) is 5.73. The average molecular weight is 300 g/mol. The van der Waals surface area contributed by atoms with Crippen LogP contribution in [-0.4, -0.2) is 31.4 Å². The highest BCUT2D eigenvalue weighted by Crippen LogP contribution is 2.26. The van der Waals surface area contributed by atoms with Crippen molar-refractivity contribution < 1.29 is 13.3 Å². The SMILES string of the molecule is Nc1ccc(S(=O)(=O)NN2CCCCC2)c([N+](=O)[O-])c1. The topological polar surface area (TPSA) is 119 Å². The van der Waals surface area contributed by atoms with Gasteiger partial charge >= 0.3 is 0 Å². The molecule has 1 heterocycles. The van der Waals surface area contributed by atoms with Gasteiger partial charge in [0.15, 0.2) is 4.90 Å². The largest absolute Gasteiger partial charge is 0.399 e. The summed E-state index contributed by atoms with van der Waals surface area (Å²) in [6.45, 7) is 1.20. The molecule has 0 saturated carbocycles. The number of benzene rings is 1. The minimum Gasteiger partial charge on any atom is -0.399 e. The van der Waals surface area contributed by atoms with Crippen molar-refractivity contribution in [3.63, 3.8) is 0 Å². The molecule has 0 bridgehead atoms. The molecule has 3 N–H and O–H groups in total. The summed E-state index contributed by atoms with van der Waals surface area (Å²) >= 11 is 0. The van der Waals surface area contributed by atoms with Crippen molar-refractivity contribution in [2.75, 3.05) is 18.8 Å². The first kappa shape index (κ1) is 14.7. The number of anilines is 1. The minimum absolute atomic E-state index is 0.147. The quantitative estimate of drug-likeness (QED) is 0.483. The molecular formula is C11H16N4O4S. The summed E-state index contributed by atoms with van der Waals surface area (Å²) in [6, 6.07) is 3.53. The fourth-order valence-corrected chi connectivity index (χ4v) is 3.39. The van der Waals surface area contributed by atoms with Gasteiger partial charge in [0.1, 0.15) is 0 Å². The van der Waals surface area contributed by atoms with Crippen LogP contribution in [-0.2, 0) is 10.0 Å². The Labute approximate surface area is 116 Å². The highest BCUT2D eigenvalue weighted by Gasteiger charge is 2.28. The number of rotatable bonds is 4. The molecule has 0 spiro atoms. The fraction of sp³-hybridized carbons (Fsp3) is 0.455. The summed E-state index contributed by atoms with van der Waals surface area (Å²) in [7, 11) is -3.97. The zero-order chi connectivity index (χ0) is 14.8. The third-order valence-electron chi connectivity index (χ3n) is 3.07. The zero-order valence-electron chi connectivity index (χ0n) is 10.8. The van der Waals surface area contributed by atoms with Crippen LogP contribution in [0.1, 0.15) is 19.3 Å². The van der Waals surface area contributed by atoms with Crippen LogP contribution < -0.4 is 10.6 Å².